The molecule has 0 saturated heterocycles. The van der Waals surface area contributed by atoms with Gasteiger partial charge in [-0.25, -0.2) is 9.97 Å². The van der Waals surface area contributed by atoms with Crippen LogP contribution in [0, 0.1) is 24.7 Å². The van der Waals surface area contributed by atoms with Crippen LogP contribution in [-0.4, -0.2) is 45.7 Å². The lowest BCUT2D eigenvalue weighted by Crippen LogP contribution is -2.20. The van der Waals surface area contributed by atoms with Gasteiger partial charge in [-0.3, -0.25) is 14.8 Å². The van der Waals surface area contributed by atoms with E-state index in [-0.39, 0.29) is 11.8 Å². The van der Waals surface area contributed by atoms with Crippen molar-refractivity contribution in [2.24, 2.45) is 22.9 Å². The quantitative estimate of drug-likeness (QED) is 0.442. The van der Waals surface area contributed by atoms with Gasteiger partial charge in [-0.2, -0.15) is 5.10 Å². The van der Waals surface area contributed by atoms with Gasteiger partial charge in [-0.05, 0) is 48.4 Å². The van der Waals surface area contributed by atoms with Crippen molar-refractivity contribution in [1.82, 2.24) is 20.0 Å². The lowest BCUT2D eigenvalue weighted by molar-refractivity contribution is -0.117. The van der Waals surface area contributed by atoms with E-state index >= 15 is 0 Å². The minimum absolute atomic E-state index is 0.00464. The summed E-state index contributed by atoms with van der Waals surface area (Å²) in [5.74, 6) is 1.59. The van der Waals surface area contributed by atoms with E-state index in [1.54, 1.807) is 6.20 Å². The van der Waals surface area contributed by atoms with E-state index in [0.29, 0.717) is 23.5 Å². The molecule has 180 valence electrons. The number of fused-ring (bicyclic) bond motifs is 1. The van der Waals surface area contributed by atoms with E-state index in [9.17, 15) is 4.79 Å². The second kappa shape index (κ2) is 8.71. The van der Waals surface area contributed by atoms with E-state index in [0.717, 1.165) is 51.8 Å². The van der Waals surface area contributed by atoms with Crippen molar-refractivity contribution >= 4 is 34.5 Å². The first-order chi connectivity index (χ1) is 17.5. The number of benzene rings is 1. The Hall–Kier alpha value is -4.33. The summed E-state index contributed by atoms with van der Waals surface area (Å²) in [7, 11) is 1.96. The van der Waals surface area contributed by atoms with Gasteiger partial charge in [0, 0.05) is 60.5 Å². The minimum atomic E-state index is -0.00464. The number of hydrogen-bond acceptors (Lipinski definition) is 7. The molecule has 36 heavy (non-hydrogen) atoms. The lowest BCUT2D eigenvalue weighted by Gasteiger charge is -2.14. The van der Waals surface area contributed by atoms with Crippen molar-refractivity contribution in [2.75, 3.05) is 24.6 Å². The van der Waals surface area contributed by atoms with Gasteiger partial charge in [0.05, 0.1) is 11.4 Å². The Morgan fingerprint density at radius 3 is 2.75 bits per heavy atom. The Morgan fingerprint density at radius 1 is 1.14 bits per heavy atom. The van der Waals surface area contributed by atoms with Gasteiger partial charge in [0.1, 0.15) is 11.6 Å². The second-order valence-electron chi connectivity index (χ2n) is 9.66. The van der Waals surface area contributed by atoms with Crippen LogP contribution in [0.5, 0.6) is 0 Å². The highest BCUT2D eigenvalue weighted by Gasteiger charge is 2.48. The molecule has 1 saturated carbocycles. The van der Waals surface area contributed by atoms with Gasteiger partial charge < -0.3 is 11.1 Å². The number of rotatable bonds is 5. The number of nitrogens with two attached hydrogens (primary N) is 1. The van der Waals surface area contributed by atoms with Crippen LogP contribution in [0.25, 0.3) is 33.3 Å². The van der Waals surface area contributed by atoms with Gasteiger partial charge in [0.15, 0.2) is 0 Å². The molecule has 1 aliphatic carbocycles. The molecular weight excluding hydrogens is 450 g/mol. The number of aryl methyl sites for hydroxylation is 1. The number of anilines is 2. The number of hydrogen-bond donors (Lipinski definition) is 2. The van der Waals surface area contributed by atoms with Crippen LogP contribution < -0.4 is 11.1 Å². The molecule has 0 spiro atoms. The summed E-state index contributed by atoms with van der Waals surface area (Å²) in [4.78, 5) is 26.7. The maximum Gasteiger partial charge on any atom is 0.228 e. The van der Waals surface area contributed by atoms with E-state index in [1.165, 1.54) is 0 Å². The van der Waals surface area contributed by atoms with Crippen LogP contribution in [0.1, 0.15) is 12.0 Å². The zero-order valence-electron chi connectivity index (χ0n) is 20.2. The molecule has 3 aromatic heterocycles. The summed E-state index contributed by atoms with van der Waals surface area (Å²) in [5, 5.41) is 10.8. The van der Waals surface area contributed by atoms with E-state index in [1.807, 2.05) is 79.9 Å². The third-order valence-electron chi connectivity index (χ3n) is 7.12. The number of nitrogens with zero attached hydrogens (tertiary/aromatic N) is 5. The summed E-state index contributed by atoms with van der Waals surface area (Å²) >= 11 is 0. The third-order valence-corrected chi connectivity index (χ3v) is 7.12. The predicted octanol–water partition coefficient (Wildman–Crippen LogP) is 4.37. The molecule has 6 rings (SSSR count). The molecule has 4 aromatic rings. The summed E-state index contributed by atoms with van der Waals surface area (Å²) < 4.78 is 0. The first kappa shape index (κ1) is 22.2. The molecular formula is C28H27N7O. The number of amides is 1. The average Bonchev–Trinajstić information content (AvgIpc) is 3.57. The highest BCUT2D eigenvalue weighted by Crippen LogP contribution is 2.45. The molecule has 1 aromatic carbocycles. The monoisotopic (exact) mass is 477 g/mol. The van der Waals surface area contributed by atoms with Crippen LogP contribution >= 0.6 is 0 Å². The Labute approximate surface area is 209 Å². The number of carbonyl (C=O) groups excluding carboxylic acids is 1. The van der Waals surface area contributed by atoms with Gasteiger partial charge >= 0.3 is 0 Å². The number of aromatic nitrogens is 3. The van der Waals surface area contributed by atoms with Crippen molar-refractivity contribution in [1.29, 1.82) is 0 Å². The Balaban J connectivity index is 1.31. The number of nitrogen functional groups attached to an aromatic ring is 1. The molecule has 1 fully saturated rings. The van der Waals surface area contributed by atoms with Crippen LogP contribution in [0.2, 0.25) is 0 Å². The second-order valence-corrected chi connectivity index (χ2v) is 9.66. The lowest BCUT2D eigenvalue weighted by atomic mass is 9.97. The third kappa shape index (κ3) is 4.04. The number of nitrogens with one attached hydrogen (secondary N) is 1. The molecule has 0 radical (unpaired) electrons. The molecule has 0 bridgehead atoms. The van der Waals surface area contributed by atoms with Gasteiger partial charge in [0.25, 0.3) is 0 Å². The predicted molar refractivity (Wildman–Crippen MR) is 142 cm³/mol. The summed E-state index contributed by atoms with van der Waals surface area (Å²) in [6, 6.07) is 15.9. The highest BCUT2D eigenvalue weighted by atomic mass is 16.2. The molecule has 3 atom stereocenters. The largest absolute Gasteiger partial charge is 0.383 e. The smallest absolute Gasteiger partial charge is 0.228 e. The Bertz CT molecular complexity index is 1500. The zero-order valence-corrected chi connectivity index (χ0v) is 20.2. The average molecular weight is 478 g/mol. The molecule has 4 heterocycles. The van der Waals surface area contributed by atoms with E-state index in [4.69, 9.17) is 10.7 Å². The van der Waals surface area contributed by atoms with Crippen molar-refractivity contribution in [3.05, 3.63) is 66.5 Å². The Kier molecular flexibility index (Phi) is 5.36. The molecule has 8 nitrogen and oxygen atoms in total. The van der Waals surface area contributed by atoms with Crippen LogP contribution in [0.4, 0.5) is 11.6 Å². The maximum absolute atomic E-state index is 12.9. The van der Waals surface area contributed by atoms with Crippen LogP contribution in [0.15, 0.2) is 66.0 Å². The van der Waals surface area contributed by atoms with Crippen molar-refractivity contribution in [2.45, 2.75) is 13.3 Å². The van der Waals surface area contributed by atoms with E-state index in [2.05, 4.69) is 20.4 Å². The molecule has 3 N–H and O–H groups in total. The molecule has 8 heteroatoms. The SMILES string of the molecule is Cc1ccnc(-c2ccccc2)c1-c1cc2cc(NC(=O)[C@H]3C[C@@H]3C3C=NN(C)C3)ncc2c(N)n1. The summed E-state index contributed by atoms with van der Waals surface area (Å²) in [5.41, 5.74) is 11.0. The fourth-order valence-electron chi connectivity index (χ4n) is 5.12. The first-order valence-electron chi connectivity index (χ1n) is 12.1. The maximum atomic E-state index is 12.9. The van der Waals surface area contributed by atoms with Gasteiger partial charge in [-0.15, -0.1) is 0 Å². The number of pyridine rings is 3. The van der Waals surface area contributed by atoms with Crippen molar-refractivity contribution in [3.8, 4) is 22.5 Å². The summed E-state index contributed by atoms with van der Waals surface area (Å²) in [6.45, 7) is 2.92. The van der Waals surface area contributed by atoms with Crippen molar-refractivity contribution in [3.63, 3.8) is 0 Å². The van der Waals surface area contributed by atoms with Crippen LogP contribution in [-0.2, 0) is 4.79 Å². The van der Waals surface area contributed by atoms with Crippen molar-refractivity contribution < 1.29 is 4.79 Å². The van der Waals surface area contributed by atoms with Crippen LogP contribution in [0.3, 0.4) is 0 Å². The first-order valence-corrected chi connectivity index (χ1v) is 12.1. The minimum Gasteiger partial charge on any atom is -0.383 e. The van der Waals surface area contributed by atoms with Gasteiger partial charge in [0.2, 0.25) is 5.91 Å². The summed E-state index contributed by atoms with van der Waals surface area (Å²) in [6.07, 6.45) is 6.33. The molecule has 2 aliphatic rings. The molecule has 1 unspecified atom stereocenters. The normalized spacial score (nSPS) is 20.6. The number of carbonyl (C=O) groups is 1. The van der Waals surface area contributed by atoms with Gasteiger partial charge in [-0.1, -0.05) is 30.3 Å². The fourth-order valence-corrected chi connectivity index (χ4v) is 5.12. The highest BCUT2D eigenvalue weighted by molar-refractivity contribution is 5.99. The van der Waals surface area contributed by atoms with E-state index < -0.39 is 0 Å². The fraction of sp³-hybridized carbons (Fsp3) is 0.250. The number of hydrazone groups is 1. The zero-order chi connectivity index (χ0) is 24.8. The molecule has 1 amide bonds. The topological polar surface area (TPSA) is 109 Å². The Morgan fingerprint density at radius 2 is 1.97 bits per heavy atom. The molecule has 1 aliphatic heterocycles. The standard InChI is InChI=1S/C28H27N7O/c1-16-8-9-30-26(17-6-4-3-5-7-17)25(16)23-10-18-11-24(31-14-22(18)27(29)33-23)34-28(36)21-12-20(21)19-13-32-35(2)15-19/h3-11,13-14,19-21H,12,15H2,1-2H3,(H2,29,33)(H,31,34,36)/t19?,20-,21+/m1/s1.